The molecule has 3 aliphatic heterocycles. The normalized spacial score (nSPS) is 36.0. The van der Waals surface area contributed by atoms with E-state index in [-0.39, 0.29) is 26.1 Å². The first-order chi connectivity index (χ1) is 12.3. The Morgan fingerprint density at radius 3 is 2.54 bits per heavy atom. The van der Waals surface area contributed by atoms with Gasteiger partial charge >= 0.3 is 13.8 Å². The molecule has 0 saturated carbocycles. The van der Waals surface area contributed by atoms with Crippen molar-refractivity contribution in [1.82, 2.24) is 14.9 Å². The molecule has 0 radical (unpaired) electrons. The van der Waals surface area contributed by atoms with Crippen LogP contribution in [0, 0.1) is 0 Å². The van der Waals surface area contributed by atoms with Crippen LogP contribution >= 0.6 is 7.75 Å². The number of nitrogens with one attached hydrogen (secondary N) is 1. The molecule has 13 heteroatoms. The van der Waals surface area contributed by atoms with Gasteiger partial charge in [-0.15, -0.1) is 0 Å². The molecule has 26 heavy (non-hydrogen) atoms. The fourth-order valence-corrected chi connectivity index (χ4v) is 4.18. The van der Waals surface area contributed by atoms with Crippen molar-refractivity contribution in [3.05, 3.63) is 0 Å². The van der Waals surface area contributed by atoms with Crippen LogP contribution in [0.2, 0.25) is 0 Å². The predicted octanol–water partition coefficient (Wildman–Crippen LogP) is -2.18. The third-order valence-corrected chi connectivity index (χ3v) is 6.08. The molecule has 148 valence electrons. The Labute approximate surface area is 149 Å². The SMILES string of the molecule is O=C1CCN([C@H]2O[C@@H](COP(=O)(O)N3CCOCC3)[C@H](O)[C@@H]2O)C(=O)N1. The molecule has 1 unspecified atom stereocenters. The molecule has 0 aromatic rings. The van der Waals surface area contributed by atoms with Gasteiger partial charge in [-0.1, -0.05) is 0 Å². The van der Waals surface area contributed by atoms with Crippen molar-refractivity contribution in [1.29, 1.82) is 0 Å². The van der Waals surface area contributed by atoms with E-state index in [9.17, 15) is 29.3 Å². The smallest absolute Gasteiger partial charge is 0.387 e. The molecule has 3 fully saturated rings. The highest BCUT2D eigenvalue weighted by molar-refractivity contribution is 7.50. The summed E-state index contributed by atoms with van der Waals surface area (Å²) in [5, 5.41) is 22.4. The van der Waals surface area contributed by atoms with Gasteiger partial charge in [0, 0.05) is 26.1 Å². The van der Waals surface area contributed by atoms with E-state index in [1.165, 1.54) is 4.67 Å². The summed E-state index contributed by atoms with van der Waals surface area (Å²) in [6.07, 6.45) is -5.12. The lowest BCUT2D eigenvalue weighted by Gasteiger charge is -2.33. The lowest BCUT2D eigenvalue weighted by Crippen LogP contribution is -2.56. The summed E-state index contributed by atoms with van der Waals surface area (Å²) in [5.41, 5.74) is 0. The molecule has 0 aliphatic carbocycles. The van der Waals surface area contributed by atoms with Crippen molar-refractivity contribution in [2.24, 2.45) is 0 Å². The number of nitrogens with zero attached hydrogens (tertiary/aromatic N) is 2. The lowest BCUT2D eigenvalue weighted by molar-refractivity contribution is -0.125. The predicted molar refractivity (Wildman–Crippen MR) is 83.7 cm³/mol. The number of rotatable bonds is 5. The summed E-state index contributed by atoms with van der Waals surface area (Å²) >= 11 is 0. The molecule has 0 aromatic carbocycles. The van der Waals surface area contributed by atoms with E-state index in [0.717, 1.165) is 4.90 Å². The number of amides is 3. The van der Waals surface area contributed by atoms with Gasteiger partial charge in [0.1, 0.15) is 18.3 Å². The molecule has 0 aromatic heterocycles. The van der Waals surface area contributed by atoms with Crippen LogP contribution < -0.4 is 5.32 Å². The van der Waals surface area contributed by atoms with E-state index < -0.39 is 50.8 Å². The van der Waals surface area contributed by atoms with Crippen LogP contribution in [0.4, 0.5) is 4.79 Å². The Balaban J connectivity index is 1.58. The highest BCUT2D eigenvalue weighted by Gasteiger charge is 2.48. The quantitative estimate of drug-likeness (QED) is 0.377. The van der Waals surface area contributed by atoms with Gasteiger partial charge in [-0.05, 0) is 0 Å². The van der Waals surface area contributed by atoms with E-state index in [0.29, 0.717) is 13.2 Å². The van der Waals surface area contributed by atoms with E-state index in [1.54, 1.807) is 0 Å². The first-order valence-corrected chi connectivity index (χ1v) is 9.75. The molecule has 3 rings (SSSR count). The summed E-state index contributed by atoms with van der Waals surface area (Å²) in [7, 11) is -4.10. The van der Waals surface area contributed by atoms with Crippen molar-refractivity contribution in [2.45, 2.75) is 31.0 Å². The van der Waals surface area contributed by atoms with E-state index >= 15 is 0 Å². The highest BCUT2D eigenvalue weighted by Crippen LogP contribution is 2.47. The van der Waals surface area contributed by atoms with Crippen LogP contribution in [0.15, 0.2) is 0 Å². The van der Waals surface area contributed by atoms with Gasteiger partial charge in [-0.25, -0.2) is 14.0 Å². The number of imide groups is 1. The monoisotopic (exact) mass is 395 g/mol. The van der Waals surface area contributed by atoms with E-state index in [4.69, 9.17) is 14.0 Å². The van der Waals surface area contributed by atoms with Crippen LogP contribution in [0.3, 0.4) is 0 Å². The van der Waals surface area contributed by atoms with Crippen LogP contribution in [0.1, 0.15) is 6.42 Å². The molecule has 3 heterocycles. The first-order valence-electron chi connectivity index (χ1n) is 8.22. The maximum Gasteiger partial charge on any atom is 0.405 e. The zero-order valence-electron chi connectivity index (χ0n) is 13.9. The Kier molecular flexibility index (Phi) is 5.94. The van der Waals surface area contributed by atoms with Gasteiger partial charge in [0.25, 0.3) is 0 Å². The van der Waals surface area contributed by atoms with Crippen molar-refractivity contribution < 1.29 is 43.3 Å². The minimum absolute atomic E-state index is 0.0267. The zero-order chi connectivity index (χ0) is 18.9. The molecule has 5 atom stereocenters. The minimum atomic E-state index is -4.10. The maximum absolute atomic E-state index is 12.3. The highest BCUT2D eigenvalue weighted by atomic mass is 31.2. The number of aliphatic hydroxyl groups excluding tert-OH is 2. The number of hydrogen-bond acceptors (Lipinski definition) is 8. The third kappa shape index (κ3) is 4.07. The van der Waals surface area contributed by atoms with Crippen LogP contribution in [-0.2, 0) is 23.4 Å². The second-order valence-corrected chi connectivity index (χ2v) is 8.00. The van der Waals surface area contributed by atoms with Crippen molar-refractivity contribution >= 4 is 19.7 Å². The van der Waals surface area contributed by atoms with Crippen molar-refractivity contribution in [2.75, 3.05) is 39.5 Å². The summed E-state index contributed by atoms with van der Waals surface area (Å²) in [6.45, 7) is 0.650. The fraction of sp³-hybridized carbons (Fsp3) is 0.846. The largest absolute Gasteiger partial charge is 0.405 e. The second-order valence-electron chi connectivity index (χ2n) is 6.20. The average molecular weight is 395 g/mol. The zero-order valence-corrected chi connectivity index (χ0v) is 14.8. The molecule has 4 N–H and O–H groups in total. The number of aliphatic hydroxyl groups is 2. The molecule has 0 spiro atoms. The number of hydrogen-bond donors (Lipinski definition) is 4. The van der Waals surface area contributed by atoms with Crippen LogP contribution in [0.25, 0.3) is 0 Å². The summed E-state index contributed by atoms with van der Waals surface area (Å²) in [4.78, 5) is 34.2. The molecule has 3 saturated heterocycles. The standard InChI is InChI=1S/C13H22N3O9P/c17-9-1-2-16(13(20)14-9)12-11(19)10(18)8(25-12)7-24-26(21,22)15-3-5-23-6-4-15/h8,10-12,18-19H,1-7H2,(H,21,22)(H,14,17,20)/t8-,10-,11-,12-/m0/s1. The van der Waals surface area contributed by atoms with Crippen LogP contribution in [-0.4, -0.2) is 101 Å². The Hall–Kier alpha value is -1.11. The Morgan fingerprint density at radius 2 is 1.88 bits per heavy atom. The van der Waals surface area contributed by atoms with Crippen LogP contribution in [0.5, 0.6) is 0 Å². The number of morpholine rings is 1. The Morgan fingerprint density at radius 1 is 1.19 bits per heavy atom. The summed E-state index contributed by atoms with van der Waals surface area (Å²) in [6, 6.07) is -0.736. The molecule has 0 bridgehead atoms. The summed E-state index contributed by atoms with van der Waals surface area (Å²) < 4.78 is 29.2. The van der Waals surface area contributed by atoms with Gasteiger partial charge in [-0.2, -0.15) is 0 Å². The van der Waals surface area contributed by atoms with Gasteiger partial charge in [0.2, 0.25) is 5.91 Å². The third-order valence-electron chi connectivity index (χ3n) is 4.48. The van der Waals surface area contributed by atoms with E-state index in [2.05, 4.69) is 5.32 Å². The molecule has 3 amide bonds. The van der Waals surface area contributed by atoms with Crippen molar-refractivity contribution in [3.63, 3.8) is 0 Å². The number of ether oxygens (including phenoxy) is 2. The molecular formula is C13H22N3O9P. The molecule has 12 nitrogen and oxygen atoms in total. The van der Waals surface area contributed by atoms with Gasteiger partial charge in [0.05, 0.1) is 19.8 Å². The van der Waals surface area contributed by atoms with Gasteiger partial charge in [-0.3, -0.25) is 19.5 Å². The van der Waals surface area contributed by atoms with Gasteiger partial charge < -0.3 is 24.6 Å². The van der Waals surface area contributed by atoms with Gasteiger partial charge in [0.15, 0.2) is 6.23 Å². The minimum Gasteiger partial charge on any atom is -0.387 e. The van der Waals surface area contributed by atoms with E-state index in [1.807, 2.05) is 0 Å². The molecule has 3 aliphatic rings. The number of urea groups is 1. The topological polar surface area (TPSA) is 158 Å². The fourth-order valence-electron chi connectivity index (χ4n) is 3.00. The van der Waals surface area contributed by atoms with Crippen molar-refractivity contribution in [3.8, 4) is 0 Å². The average Bonchev–Trinajstić information content (AvgIpc) is 2.89. The number of carbonyl (C=O) groups is 2. The Bertz CT molecular complexity index is 599. The second kappa shape index (κ2) is 7.87. The number of carbonyl (C=O) groups excluding carboxylic acids is 2. The maximum atomic E-state index is 12.3. The summed E-state index contributed by atoms with van der Waals surface area (Å²) in [5.74, 6) is -0.439. The first kappa shape index (κ1) is 19.6. The molecular weight excluding hydrogens is 373 g/mol. The lowest BCUT2D eigenvalue weighted by atomic mass is 10.1.